The highest BCUT2D eigenvalue weighted by Crippen LogP contribution is 2.38. The molecule has 2 rings (SSSR count). The number of carbonyl (C=O) groups excluding carboxylic acids is 1. The molecule has 1 aliphatic heterocycles. The van der Waals surface area contributed by atoms with Crippen molar-refractivity contribution in [3.8, 4) is 6.07 Å². The van der Waals surface area contributed by atoms with Crippen molar-refractivity contribution in [1.82, 2.24) is 4.90 Å². The molecule has 0 unspecified atom stereocenters. The Labute approximate surface area is 127 Å². The van der Waals surface area contributed by atoms with Gasteiger partial charge in [0.25, 0.3) is 5.91 Å². The lowest BCUT2D eigenvalue weighted by Gasteiger charge is -2.39. The van der Waals surface area contributed by atoms with E-state index in [9.17, 15) is 31.9 Å². The topological polar surface area (TPSA) is 64.3 Å². The van der Waals surface area contributed by atoms with Crippen LogP contribution in [-0.4, -0.2) is 40.8 Å². The summed E-state index contributed by atoms with van der Waals surface area (Å²) in [4.78, 5) is 12.9. The lowest BCUT2D eigenvalue weighted by molar-refractivity contribution is -0.271. The van der Waals surface area contributed by atoms with Gasteiger partial charge in [-0.15, -0.1) is 0 Å². The fourth-order valence-corrected chi connectivity index (χ4v) is 2.36. The first-order valence-corrected chi connectivity index (χ1v) is 6.56. The number of amides is 1. The maximum Gasteiger partial charge on any atom is 0.417 e. The maximum absolute atomic E-state index is 13.8. The smallest absolute Gasteiger partial charge is 0.380 e. The van der Waals surface area contributed by atoms with E-state index in [0.717, 1.165) is 4.90 Å². The lowest BCUT2D eigenvalue weighted by Crippen LogP contribution is -2.54. The molecular weight excluding hydrogens is 323 g/mol. The molecule has 0 aromatic heterocycles. The van der Waals surface area contributed by atoms with Crippen molar-refractivity contribution in [3.63, 3.8) is 0 Å². The first-order chi connectivity index (χ1) is 10.6. The fourth-order valence-electron chi connectivity index (χ4n) is 2.36. The Bertz CT molecular complexity index is 650. The van der Waals surface area contributed by atoms with Crippen LogP contribution in [0.25, 0.3) is 0 Å². The molecule has 9 heteroatoms. The van der Waals surface area contributed by atoms with Crippen LogP contribution in [0, 0.1) is 23.0 Å². The van der Waals surface area contributed by atoms with Crippen molar-refractivity contribution in [2.75, 3.05) is 13.1 Å². The predicted octanol–water partition coefficient (Wildman–Crippen LogP) is 2.37. The molecule has 1 aromatic carbocycles. The van der Waals surface area contributed by atoms with Gasteiger partial charge in [0.1, 0.15) is 17.2 Å². The molecule has 4 nitrogen and oxygen atoms in total. The van der Waals surface area contributed by atoms with Crippen LogP contribution >= 0.6 is 0 Å². The van der Waals surface area contributed by atoms with E-state index >= 15 is 0 Å². The van der Waals surface area contributed by atoms with Gasteiger partial charge < -0.3 is 10.0 Å². The van der Waals surface area contributed by atoms with Gasteiger partial charge in [-0.05, 0) is 12.1 Å². The predicted molar refractivity (Wildman–Crippen MR) is 67.2 cm³/mol. The summed E-state index contributed by atoms with van der Waals surface area (Å²) in [5.41, 5.74) is -4.16. The van der Waals surface area contributed by atoms with Crippen molar-refractivity contribution in [2.45, 2.75) is 24.6 Å². The van der Waals surface area contributed by atoms with E-state index in [1.54, 1.807) is 0 Å². The Morgan fingerprint density at radius 2 is 1.70 bits per heavy atom. The van der Waals surface area contributed by atoms with Crippen molar-refractivity contribution < 1.29 is 31.9 Å². The van der Waals surface area contributed by atoms with Crippen LogP contribution in [0.5, 0.6) is 0 Å². The number of carbonyl (C=O) groups is 1. The van der Waals surface area contributed by atoms with Crippen LogP contribution in [-0.2, 0) is 0 Å². The first-order valence-electron chi connectivity index (χ1n) is 6.56. The number of nitrogens with zero attached hydrogens (tertiary/aromatic N) is 2. The second-order valence-electron chi connectivity index (χ2n) is 5.25. The Morgan fingerprint density at radius 3 is 2.09 bits per heavy atom. The molecule has 0 aliphatic carbocycles. The SMILES string of the molecule is N#Cc1cc(F)c(C(=O)N2CCC(O)(C(F)(F)F)CC2)c(F)c1. The van der Waals surface area contributed by atoms with Crippen LogP contribution in [0.4, 0.5) is 22.0 Å². The van der Waals surface area contributed by atoms with Crippen LogP contribution < -0.4 is 0 Å². The number of hydrogen-bond acceptors (Lipinski definition) is 3. The van der Waals surface area contributed by atoms with E-state index in [1.165, 1.54) is 6.07 Å². The number of alkyl halides is 3. The van der Waals surface area contributed by atoms with E-state index in [1.807, 2.05) is 0 Å². The standard InChI is InChI=1S/C14H11F5N2O2/c15-9-5-8(7-20)6-10(16)11(9)12(22)21-3-1-13(23,2-4-21)14(17,18)19/h5-6,23H,1-4H2. The molecule has 1 N–H and O–H groups in total. The average molecular weight is 334 g/mol. The summed E-state index contributed by atoms with van der Waals surface area (Å²) >= 11 is 0. The van der Waals surface area contributed by atoms with E-state index < -0.39 is 60.8 Å². The van der Waals surface area contributed by atoms with Crippen LogP contribution in [0.3, 0.4) is 0 Å². The summed E-state index contributed by atoms with van der Waals surface area (Å²) in [6, 6.07) is 2.86. The summed E-state index contributed by atoms with van der Waals surface area (Å²) in [6.45, 7) is -0.985. The number of benzene rings is 1. The molecule has 0 spiro atoms. The second-order valence-corrected chi connectivity index (χ2v) is 5.25. The van der Waals surface area contributed by atoms with Gasteiger partial charge in [0.2, 0.25) is 0 Å². The zero-order valence-electron chi connectivity index (χ0n) is 11.6. The molecule has 1 aromatic rings. The molecule has 0 bridgehead atoms. The van der Waals surface area contributed by atoms with Gasteiger partial charge in [-0.2, -0.15) is 18.4 Å². The van der Waals surface area contributed by atoms with Crippen LogP contribution in [0.2, 0.25) is 0 Å². The quantitative estimate of drug-likeness (QED) is 0.802. The molecule has 23 heavy (non-hydrogen) atoms. The van der Waals surface area contributed by atoms with Crippen molar-refractivity contribution in [3.05, 3.63) is 34.9 Å². The average Bonchev–Trinajstić information content (AvgIpc) is 2.45. The van der Waals surface area contributed by atoms with Gasteiger partial charge in [0.15, 0.2) is 5.60 Å². The number of halogens is 5. The van der Waals surface area contributed by atoms with Crippen molar-refractivity contribution >= 4 is 5.91 Å². The van der Waals surface area contributed by atoms with E-state index in [2.05, 4.69) is 0 Å². The molecule has 1 aliphatic rings. The third-order valence-corrected chi connectivity index (χ3v) is 3.79. The Hall–Kier alpha value is -2.21. The van der Waals surface area contributed by atoms with Gasteiger partial charge in [0, 0.05) is 25.9 Å². The van der Waals surface area contributed by atoms with E-state index in [4.69, 9.17) is 5.26 Å². The summed E-state index contributed by atoms with van der Waals surface area (Å²) in [5, 5.41) is 18.1. The summed E-state index contributed by atoms with van der Waals surface area (Å²) in [5.74, 6) is -3.64. The van der Waals surface area contributed by atoms with Gasteiger partial charge in [-0.3, -0.25) is 4.79 Å². The number of nitriles is 1. The number of piperidine rings is 1. The molecule has 0 saturated carbocycles. The minimum atomic E-state index is -4.84. The normalized spacial score (nSPS) is 17.7. The molecule has 0 radical (unpaired) electrons. The zero-order valence-corrected chi connectivity index (χ0v) is 11.6. The molecule has 1 saturated heterocycles. The minimum Gasteiger partial charge on any atom is -0.380 e. The summed E-state index contributed by atoms with van der Waals surface area (Å²) in [6.07, 6.45) is -6.39. The lowest BCUT2D eigenvalue weighted by atomic mass is 9.90. The number of likely N-dealkylation sites (tertiary alicyclic amines) is 1. The second kappa shape index (κ2) is 5.77. The zero-order chi connectivity index (χ0) is 17.4. The van der Waals surface area contributed by atoms with E-state index in [0.29, 0.717) is 12.1 Å². The van der Waals surface area contributed by atoms with Gasteiger partial charge in [0.05, 0.1) is 11.6 Å². The number of hydrogen-bond donors (Lipinski definition) is 1. The van der Waals surface area contributed by atoms with Gasteiger partial charge in [-0.1, -0.05) is 0 Å². The highest BCUT2D eigenvalue weighted by Gasteiger charge is 2.55. The molecular formula is C14H11F5N2O2. The fraction of sp³-hybridized carbons (Fsp3) is 0.429. The summed E-state index contributed by atoms with van der Waals surface area (Å²) < 4.78 is 65.6. The Morgan fingerprint density at radius 1 is 1.22 bits per heavy atom. The van der Waals surface area contributed by atoms with Crippen molar-refractivity contribution in [1.29, 1.82) is 5.26 Å². The van der Waals surface area contributed by atoms with Gasteiger partial charge >= 0.3 is 6.18 Å². The third-order valence-electron chi connectivity index (χ3n) is 3.79. The highest BCUT2D eigenvalue weighted by atomic mass is 19.4. The molecule has 1 fully saturated rings. The summed E-state index contributed by atoms with van der Waals surface area (Å²) in [7, 11) is 0. The van der Waals surface area contributed by atoms with E-state index in [-0.39, 0.29) is 5.56 Å². The minimum absolute atomic E-state index is 0.318. The molecule has 0 atom stereocenters. The largest absolute Gasteiger partial charge is 0.417 e. The maximum atomic E-state index is 13.8. The number of aliphatic hydroxyl groups is 1. The van der Waals surface area contributed by atoms with Crippen molar-refractivity contribution in [2.24, 2.45) is 0 Å². The third kappa shape index (κ3) is 3.12. The molecule has 124 valence electrons. The first kappa shape index (κ1) is 17.1. The Balaban J connectivity index is 2.20. The number of rotatable bonds is 1. The monoisotopic (exact) mass is 334 g/mol. The van der Waals surface area contributed by atoms with Crippen LogP contribution in [0.1, 0.15) is 28.8 Å². The van der Waals surface area contributed by atoms with Gasteiger partial charge in [-0.25, -0.2) is 8.78 Å². The molecule has 1 heterocycles. The Kier molecular flexibility index (Phi) is 4.30. The van der Waals surface area contributed by atoms with Crippen LogP contribution in [0.15, 0.2) is 12.1 Å². The highest BCUT2D eigenvalue weighted by molar-refractivity contribution is 5.95. The molecule has 1 amide bonds.